The van der Waals surface area contributed by atoms with Crippen LogP contribution in [0.3, 0.4) is 0 Å². The van der Waals surface area contributed by atoms with Crippen LogP contribution in [0.5, 0.6) is 0 Å². The Bertz CT molecular complexity index is 431. The molecule has 2 rings (SSSR count). The van der Waals surface area contributed by atoms with Crippen molar-refractivity contribution in [1.82, 2.24) is 4.90 Å². The molecule has 3 nitrogen and oxygen atoms in total. The first-order valence-corrected chi connectivity index (χ1v) is 6.45. The molecule has 0 spiro atoms. The third-order valence-corrected chi connectivity index (χ3v) is 3.39. The Balaban J connectivity index is 2.23. The SMILES string of the molecule is CC1(C)CN(C(CN)c2cc(F)cc(F)c2)CCO1. The number of nitrogens with zero attached hydrogens (tertiary/aromatic N) is 1. The van der Waals surface area contributed by atoms with Crippen LogP contribution >= 0.6 is 0 Å². The van der Waals surface area contributed by atoms with Gasteiger partial charge in [0.05, 0.1) is 12.2 Å². The predicted octanol–water partition coefficient (Wildman–Crippen LogP) is 2.08. The Kier molecular flexibility index (Phi) is 4.18. The third-order valence-electron chi connectivity index (χ3n) is 3.39. The summed E-state index contributed by atoms with van der Waals surface area (Å²) in [5.74, 6) is -1.14. The zero-order chi connectivity index (χ0) is 14.0. The lowest BCUT2D eigenvalue weighted by molar-refractivity contribution is -0.0967. The van der Waals surface area contributed by atoms with E-state index >= 15 is 0 Å². The molecule has 1 aliphatic heterocycles. The molecule has 0 radical (unpaired) electrons. The maximum absolute atomic E-state index is 13.3. The molecular formula is C14H20F2N2O. The third kappa shape index (κ3) is 3.49. The summed E-state index contributed by atoms with van der Waals surface area (Å²) in [7, 11) is 0. The number of hydrogen-bond acceptors (Lipinski definition) is 3. The topological polar surface area (TPSA) is 38.5 Å². The van der Waals surface area contributed by atoms with Gasteiger partial charge in [0.1, 0.15) is 11.6 Å². The molecule has 0 bridgehead atoms. The Morgan fingerprint density at radius 2 is 1.95 bits per heavy atom. The van der Waals surface area contributed by atoms with E-state index in [1.54, 1.807) is 0 Å². The van der Waals surface area contributed by atoms with Crippen molar-refractivity contribution in [1.29, 1.82) is 0 Å². The van der Waals surface area contributed by atoms with Crippen molar-refractivity contribution < 1.29 is 13.5 Å². The van der Waals surface area contributed by atoms with Gasteiger partial charge in [-0.05, 0) is 31.5 Å². The van der Waals surface area contributed by atoms with Gasteiger partial charge in [0.25, 0.3) is 0 Å². The van der Waals surface area contributed by atoms with Gasteiger partial charge in [0.15, 0.2) is 0 Å². The van der Waals surface area contributed by atoms with E-state index in [4.69, 9.17) is 10.5 Å². The number of ether oxygens (including phenoxy) is 1. The molecule has 1 heterocycles. The fourth-order valence-electron chi connectivity index (χ4n) is 2.58. The molecule has 0 aromatic heterocycles. The van der Waals surface area contributed by atoms with Crippen LogP contribution in [0.4, 0.5) is 8.78 Å². The van der Waals surface area contributed by atoms with Crippen molar-refractivity contribution in [3.8, 4) is 0 Å². The van der Waals surface area contributed by atoms with E-state index in [0.717, 1.165) is 6.07 Å². The molecule has 2 N–H and O–H groups in total. The summed E-state index contributed by atoms with van der Waals surface area (Å²) >= 11 is 0. The van der Waals surface area contributed by atoms with E-state index < -0.39 is 11.6 Å². The predicted molar refractivity (Wildman–Crippen MR) is 69.8 cm³/mol. The van der Waals surface area contributed by atoms with E-state index in [1.807, 2.05) is 13.8 Å². The fraction of sp³-hybridized carbons (Fsp3) is 0.571. The Hall–Kier alpha value is -1.04. The number of benzene rings is 1. The van der Waals surface area contributed by atoms with E-state index in [9.17, 15) is 8.78 Å². The molecule has 0 amide bonds. The van der Waals surface area contributed by atoms with Gasteiger partial charge in [-0.15, -0.1) is 0 Å². The highest BCUT2D eigenvalue weighted by Crippen LogP contribution is 2.27. The molecule has 0 saturated carbocycles. The Morgan fingerprint density at radius 3 is 2.47 bits per heavy atom. The summed E-state index contributed by atoms with van der Waals surface area (Å²) in [6.45, 7) is 6.31. The lowest BCUT2D eigenvalue weighted by atomic mass is 10.0. The number of morpholine rings is 1. The first-order valence-electron chi connectivity index (χ1n) is 6.45. The van der Waals surface area contributed by atoms with E-state index in [0.29, 0.717) is 31.8 Å². The Morgan fingerprint density at radius 1 is 1.32 bits per heavy atom. The van der Waals surface area contributed by atoms with Crippen LogP contribution in [0.25, 0.3) is 0 Å². The van der Waals surface area contributed by atoms with Crippen molar-refractivity contribution in [2.45, 2.75) is 25.5 Å². The smallest absolute Gasteiger partial charge is 0.126 e. The summed E-state index contributed by atoms with van der Waals surface area (Å²) in [4.78, 5) is 2.12. The van der Waals surface area contributed by atoms with E-state index in [2.05, 4.69) is 4.90 Å². The highest BCUT2D eigenvalue weighted by atomic mass is 19.1. The first kappa shape index (κ1) is 14.4. The number of halogens is 2. The summed E-state index contributed by atoms with van der Waals surface area (Å²) in [6, 6.07) is 3.39. The first-order chi connectivity index (χ1) is 8.91. The zero-order valence-corrected chi connectivity index (χ0v) is 11.3. The lowest BCUT2D eigenvalue weighted by Crippen LogP contribution is -2.50. The van der Waals surface area contributed by atoms with E-state index in [1.165, 1.54) is 12.1 Å². The molecule has 106 valence electrons. The monoisotopic (exact) mass is 270 g/mol. The van der Waals surface area contributed by atoms with Crippen molar-refractivity contribution in [2.24, 2.45) is 5.73 Å². The average molecular weight is 270 g/mol. The molecule has 1 saturated heterocycles. The summed E-state index contributed by atoms with van der Waals surface area (Å²) in [5.41, 5.74) is 6.11. The molecule has 5 heteroatoms. The minimum Gasteiger partial charge on any atom is -0.373 e. The van der Waals surface area contributed by atoms with Crippen molar-refractivity contribution >= 4 is 0 Å². The van der Waals surface area contributed by atoms with Crippen molar-refractivity contribution in [3.63, 3.8) is 0 Å². The normalized spacial score (nSPS) is 21.3. The lowest BCUT2D eigenvalue weighted by Gasteiger charge is -2.42. The molecule has 0 aliphatic carbocycles. The molecule has 1 aromatic rings. The Labute approximate surface area is 112 Å². The fourth-order valence-corrected chi connectivity index (χ4v) is 2.58. The van der Waals surface area contributed by atoms with Crippen LogP contribution in [0.2, 0.25) is 0 Å². The van der Waals surface area contributed by atoms with Crippen LogP contribution < -0.4 is 5.73 Å². The van der Waals surface area contributed by atoms with E-state index in [-0.39, 0.29) is 11.6 Å². The number of hydrogen-bond donors (Lipinski definition) is 1. The molecular weight excluding hydrogens is 250 g/mol. The highest BCUT2D eigenvalue weighted by molar-refractivity contribution is 5.22. The van der Waals surface area contributed by atoms with Gasteiger partial charge in [-0.1, -0.05) is 0 Å². The molecule has 19 heavy (non-hydrogen) atoms. The van der Waals surface area contributed by atoms with Crippen molar-refractivity contribution in [2.75, 3.05) is 26.2 Å². The minimum absolute atomic E-state index is 0.187. The quantitative estimate of drug-likeness (QED) is 0.914. The molecule has 1 aromatic carbocycles. The van der Waals surface area contributed by atoms with Crippen LogP contribution in [-0.2, 0) is 4.74 Å². The summed E-state index contributed by atoms with van der Waals surface area (Å²) in [6.07, 6.45) is 0. The van der Waals surface area contributed by atoms with Crippen LogP contribution in [0.15, 0.2) is 18.2 Å². The summed E-state index contributed by atoms with van der Waals surface area (Å²) < 4.78 is 32.3. The highest BCUT2D eigenvalue weighted by Gasteiger charge is 2.31. The molecule has 1 fully saturated rings. The minimum atomic E-state index is -0.569. The largest absolute Gasteiger partial charge is 0.373 e. The van der Waals surface area contributed by atoms with Gasteiger partial charge in [-0.3, -0.25) is 4.90 Å². The number of rotatable bonds is 3. The van der Waals surface area contributed by atoms with Crippen molar-refractivity contribution in [3.05, 3.63) is 35.4 Å². The number of nitrogens with two attached hydrogens (primary N) is 1. The molecule has 1 unspecified atom stereocenters. The maximum atomic E-state index is 13.3. The maximum Gasteiger partial charge on any atom is 0.126 e. The van der Waals surface area contributed by atoms with Gasteiger partial charge in [0, 0.05) is 31.7 Å². The average Bonchev–Trinajstić information content (AvgIpc) is 2.27. The van der Waals surface area contributed by atoms with Crippen LogP contribution in [0.1, 0.15) is 25.5 Å². The summed E-state index contributed by atoms with van der Waals surface area (Å²) in [5, 5.41) is 0. The van der Waals surface area contributed by atoms with Gasteiger partial charge in [-0.2, -0.15) is 0 Å². The molecule has 1 atom stereocenters. The standard InChI is InChI=1S/C14H20F2N2O/c1-14(2)9-18(3-4-19-14)13(8-17)10-5-11(15)7-12(16)6-10/h5-7,13H,3-4,8-9,17H2,1-2H3. The van der Waals surface area contributed by atoms with Crippen LogP contribution in [-0.4, -0.2) is 36.7 Å². The second kappa shape index (κ2) is 5.53. The van der Waals surface area contributed by atoms with Gasteiger partial charge < -0.3 is 10.5 Å². The zero-order valence-electron chi connectivity index (χ0n) is 11.3. The van der Waals surface area contributed by atoms with Gasteiger partial charge >= 0.3 is 0 Å². The van der Waals surface area contributed by atoms with Gasteiger partial charge in [-0.25, -0.2) is 8.78 Å². The molecule has 1 aliphatic rings. The van der Waals surface area contributed by atoms with Crippen LogP contribution in [0, 0.1) is 11.6 Å². The second-order valence-electron chi connectivity index (χ2n) is 5.53. The van der Waals surface area contributed by atoms with Gasteiger partial charge in [0.2, 0.25) is 0 Å². The second-order valence-corrected chi connectivity index (χ2v) is 5.53.